The highest BCUT2D eigenvalue weighted by atomic mass is 32.1. The van der Waals surface area contributed by atoms with Gasteiger partial charge in [-0.1, -0.05) is 6.07 Å². The Kier molecular flexibility index (Phi) is 3.21. The molecule has 0 aliphatic heterocycles. The fraction of sp³-hybridized carbons (Fsp3) is 0.636. The monoisotopic (exact) mass is 210 g/mol. The second-order valence-electron chi connectivity index (χ2n) is 4.22. The lowest BCUT2D eigenvalue weighted by atomic mass is 10.3. The van der Waals surface area contributed by atoms with E-state index in [9.17, 15) is 0 Å². The van der Waals surface area contributed by atoms with E-state index in [0.29, 0.717) is 0 Å². The smallest absolute Gasteiger partial charge is 0.0331 e. The summed E-state index contributed by atoms with van der Waals surface area (Å²) in [6.45, 7) is 4.20. The fourth-order valence-corrected chi connectivity index (χ4v) is 2.48. The summed E-state index contributed by atoms with van der Waals surface area (Å²) in [5.41, 5.74) is 5.85. The summed E-state index contributed by atoms with van der Waals surface area (Å²) >= 11 is 1.84. The molecule has 1 fully saturated rings. The van der Waals surface area contributed by atoms with E-state index >= 15 is 0 Å². The first-order chi connectivity index (χ1) is 6.75. The third-order valence-electron chi connectivity index (χ3n) is 2.52. The SMILES string of the molecule is CC(N)CN(Cc1cccs1)C1CC1. The molecule has 1 aliphatic carbocycles. The lowest BCUT2D eigenvalue weighted by Crippen LogP contribution is -2.36. The van der Waals surface area contributed by atoms with Crippen LogP contribution in [-0.4, -0.2) is 23.5 Å². The Balaban J connectivity index is 1.90. The van der Waals surface area contributed by atoms with E-state index in [2.05, 4.69) is 29.3 Å². The Morgan fingerprint density at radius 1 is 1.64 bits per heavy atom. The van der Waals surface area contributed by atoms with Gasteiger partial charge in [0.2, 0.25) is 0 Å². The lowest BCUT2D eigenvalue weighted by molar-refractivity contribution is 0.245. The maximum atomic E-state index is 5.85. The fourth-order valence-electron chi connectivity index (χ4n) is 1.76. The number of thiophene rings is 1. The van der Waals surface area contributed by atoms with Gasteiger partial charge in [-0.2, -0.15) is 0 Å². The number of nitrogens with two attached hydrogens (primary N) is 1. The molecule has 2 rings (SSSR count). The average molecular weight is 210 g/mol. The quantitative estimate of drug-likeness (QED) is 0.806. The van der Waals surface area contributed by atoms with Crippen LogP contribution < -0.4 is 5.73 Å². The number of hydrogen-bond acceptors (Lipinski definition) is 3. The average Bonchev–Trinajstić information content (AvgIpc) is 2.85. The van der Waals surface area contributed by atoms with Crippen molar-refractivity contribution in [2.45, 2.75) is 38.4 Å². The van der Waals surface area contributed by atoms with Gasteiger partial charge in [-0.15, -0.1) is 11.3 Å². The Morgan fingerprint density at radius 2 is 2.43 bits per heavy atom. The van der Waals surface area contributed by atoms with Crippen molar-refractivity contribution < 1.29 is 0 Å². The van der Waals surface area contributed by atoms with E-state index in [1.807, 2.05) is 11.3 Å². The summed E-state index contributed by atoms with van der Waals surface area (Å²) in [6.07, 6.45) is 2.72. The minimum Gasteiger partial charge on any atom is -0.327 e. The number of nitrogens with zero attached hydrogens (tertiary/aromatic N) is 1. The van der Waals surface area contributed by atoms with Crippen molar-refractivity contribution in [1.82, 2.24) is 4.90 Å². The van der Waals surface area contributed by atoms with Crippen molar-refractivity contribution >= 4 is 11.3 Å². The maximum absolute atomic E-state index is 5.85. The Morgan fingerprint density at radius 3 is 2.93 bits per heavy atom. The highest BCUT2D eigenvalue weighted by Crippen LogP contribution is 2.28. The van der Waals surface area contributed by atoms with Gasteiger partial charge in [-0.3, -0.25) is 4.90 Å². The standard InChI is InChI=1S/C11H18N2S/c1-9(12)7-13(10-4-5-10)8-11-3-2-6-14-11/h2-3,6,9-10H,4-5,7-8,12H2,1H3. The Bertz CT molecular complexity index is 265. The molecule has 0 saturated heterocycles. The Hall–Kier alpha value is -0.380. The zero-order valence-corrected chi connectivity index (χ0v) is 9.46. The first-order valence-electron chi connectivity index (χ1n) is 5.27. The van der Waals surface area contributed by atoms with Crippen LogP contribution in [0.2, 0.25) is 0 Å². The van der Waals surface area contributed by atoms with Gasteiger partial charge in [0.25, 0.3) is 0 Å². The molecular formula is C11H18N2S. The molecule has 14 heavy (non-hydrogen) atoms. The van der Waals surface area contributed by atoms with Gasteiger partial charge < -0.3 is 5.73 Å². The lowest BCUT2D eigenvalue weighted by Gasteiger charge is -2.23. The summed E-state index contributed by atoms with van der Waals surface area (Å²) in [7, 11) is 0. The van der Waals surface area contributed by atoms with Crippen LogP contribution in [0.4, 0.5) is 0 Å². The van der Waals surface area contributed by atoms with Gasteiger partial charge in [0.05, 0.1) is 0 Å². The molecule has 1 aromatic rings. The second-order valence-corrected chi connectivity index (χ2v) is 5.25. The van der Waals surface area contributed by atoms with E-state index < -0.39 is 0 Å². The van der Waals surface area contributed by atoms with Gasteiger partial charge in [0.1, 0.15) is 0 Å². The van der Waals surface area contributed by atoms with Crippen LogP contribution >= 0.6 is 11.3 Å². The number of hydrogen-bond donors (Lipinski definition) is 1. The third-order valence-corrected chi connectivity index (χ3v) is 3.39. The van der Waals surface area contributed by atoms with Crippen LogP contribution in [0, 0.1) is 0 Å². The van der Waals surface area contributed by atoms with Gasteiger partial charge >= 0.3 is 0 Å². The topological polar surface area (TPSA) is 29.3 Å². The second kappa shape index (κ2) is 4.43. The van der Waals surface area contributed by atoms with Gasteiger partial charge in [0, 0.05) is 30.1 Å². The largest absolute Gasteiger partial charge is 0.327 e. The minimum atomic E-state index is 0.288. The van der Waals surface area contributed by atoms with Crippen LogP contribution in [0.5, 0.6) is 0 Å². The molecule has 1 heterocycles. The summed E-state index contributed by atoms with van der Waals surface area (Å²) in [5, 5.41) is 2.15. The molecule has 1 aliphatic rings. The zero-order valence-electron chi connectivity index (χ0n) is 8.65. The summed E-state index contributed by atoms with van der Waals surface area (Å²) in [5.74, 6) is 0. The van der Waals surface area contributed by atoms with Gasteiger partial charge in [-0.05, 0) is 31.2 Å². The molecule has 0 spiro atoms. The van der Waals surface area contributed by atoms with Gasteiger partial charge in [-0.25, -0.2) is 0 Å². The van der Waals surface area contributed by atoms with Crippen molar-refractivity contribution in [2.24, 2.45) is 5.73 Å². The highest BCUT2D eigenvalue weighted by molar-refractivity contribution is 7.09. The van der Waals surface area contributed by atoms with E-state index in [4.69, 9.17) is 5.73 Å². The third kappa shape index (κ3) is 2.80. The predicted octanol–water partition coefficient (Wildman–Crippen LogP) is 2.06. The van der Waals surface area contributed by atoms with Crippen LogP contribution in [0.1, 0.15) is 24.6 Å². The molecule has 0 bridgehead atoms. The van der Waals surface area contributed by atoms with Crippen molar-refractivity contribution in [1.29, 1.82) is 0 Å². The van der Waals surface area contributed by atoms with Crippen LogP contribution in [0.25, 0.3) is 0 Å². The van der Waals surface area contributed by atoms with E-state index in [-0.39, 0.29) is 6.04 Å². The molecule has 0 radical (unpaired) electrons. The summed E-state index contributed by atoms with van der Waals surface area (Å²) < 4.78 is 0. The molecule has 0 amide bonds. The molecule has 0 aromatic carbocycles. The molecule has 2 nitrogen and oxygen atoms in total. The van der Waals surface area contributed by atoms with E-state index in [1.165, 1.54) is 17.7 Å². The molecule has 1 aromatic heterocycles. The van der Waals surface area contributed by atoms with E-state index in [0.717, 1.165) is 19.1 Å². The normalized spacial score (nSPS) is 18.8. The first kappa shape index (κ1) is 10.1. The molecule has 78 valence electrons. The molecule has 2 N–H and O–H groups in total. The molecule has 1 unspecified atom stereocenters. The number of rotatable bonds is 5. The Labute approximate surface area is 89.7 Å². The first-order valence-corrected chi connectivity index (χ1v) is 6.15. The summed E-state index contributed by atoms with van der Waals surface area (Å²) in [6, 6.07) is 5.43. The maximum Gasteiger partial charge on any atom is 0.0331 e. The van der Waals surface area contributed by atoms with E-state index in [1.54, 1.807) is 0 Å². The molecule has 1 saturated carbocycles. The minimum absolute atomic E-state index is 0.288. The van der Waals surface area contributed by atoms with Crippen molar-refractivity contribution in [3.63, 3.8) is 0 Å². The summed E-state index contributed by atoms with van der Waals surface area (Å²) in [4.78, 5) is 3.98. The van der Waals surface area contributed by atoms with Crippen molar-refractivity contribution in [3.8, 4) is 0 Å². The van der Waals surface area contributed by atoms with Crippen molar-refractivity contribution in [3.05, 3.63) is 22.4 Å². The highest BCUT2D eigenvalue weighted by Gasteiger charge is 2.29. The molecule has 1 atom stereocenters. The zero-order chi connectivity index (χ0) is 9.97. The van der Waals surface area contributed by atoms with Crippen LogP contribution in [-0.2, 0) is 6.54 Å². The van der Waals surface area contributed by atoms with Gasteiger partial charge in [0.15, 0.2) is 0 Å². The van der Waals surface area contributed by atoms with Crippen LogP contribution in [0.15, 0.2) is 17.5 Å². The van der Waals surface area contributed by atoms with Crippen LogP contribution in [0.3, 0.4) is 0 Å². The predicted molar refractivity (Wildman–Crippen MR) is 61.4 cm³/mol. The molecular weight excluding hydrogens is 192 g/mol. The molecule has 3 heteroatoms. The van der Waals surface area contributed by atoms with Crippen molar-refractivity contribution in [2.75, 3.05) is 6.54 Å².